The lowest BCUT2D eigenvalue weighted by atomic mass is 10.2. The third kappa shape index (κ3) is 3.29. The largest absolute Gasteiger partial charge is 0.313 e. The van der Waals surface area contributed by atoms with Crippen LogP contribution in [-0.4, -0.2) is 30.6 Å². The summed E-state index contributed by atoms with van der Waals surface area (Å²) < 4.78 is 1.27. The van der Waals surface area contributed by atoms with E-state index in [1.165, 1.54) is 41.8 Å². The van der Waals surface area contributed by atoms with Gasteiger partial charge in [0.2, 0.25) is 0 Å². The van der Waals surface area contributed by atoms with E-state index in [1.54, 1.807) is 0 Å². The van der Waals surface area contributed by atoms with E-state index in [2.05, 4.69) is 44.5 Å². The van der Waals surface area contributed by atoms with E-state index in [-0.39, 0.29) is 0 Å². The van der Waals surface area contributed by atoms with E-state index in [9.17, 15) is 0 Å². The van der Waals surface area contributed by atoms with Crippen LogP contribution in [0.1, 0.15) is 24.6 Å². The third-order valence-corrected chi connectivity index (χ3v) is 5.02. The molecule has 1 aliphatic rings. The van der Waals surface area contributed by atoms with Crippen LogP contribution in [0.15, 0.2) is 15.9 Å². The highest BCUT2D eigenvalue weighted by atomic mass is 79.9. The minimum atomic E-state index is 0.668. The number of hydrogen-bond donors (Lipinski definition) is 1. The van der Waals surface area contributed by atoms with Gasteiger partial charge >= 0.3 is 0 Å². The first-order chi connectivity index (χ1) is 7.79. The molecular formula is C12H19BrN2S. The highest BCUT2D eigenvalue weighted by Gasteiger charge is 2.17. The molecule has 1 aliphatic heterocycles. The summed E-state index contributed by atoms with van der Waals surface area (Å²) in [5.74, 6) is 0. The minimum absolute atomic E-state index is 0.668. The molecule has 1 saturated heterocycles. The fraction of sp³-hybridized carbons (Fsp3) is 0.667. The fourth-order valence-electron chi connectivity index (χ4n) is 2.13. The average Bonchev–Trinajstić information content (AvgIpc) is 2.55. The molecule has 0 amide bonds. The minimum Gasteiger partial charge on any atom is -0.313 e. The normalized spacial score (nSPS) is 23.2. The van der Waals surface area contributed by atoms with Crippen LogP contribution in [-0.2, 0) is 6.54 Å². The summed E-state index contributed by atoms with van der Waals surface area (Å²) in [5, 5.41) is 5.76. The molecule has 0 bridgehead atoms. The molecule has 0 radical (unpaired) electrons. The monoisotopic (exact) mass is 302 g/mol. The molecular weight excluding hydrogens is 284 g/mol. The molecule has 0 saturated carbocycles. The van der Waals surface area contributed by atoms with Gasteiger partial charge in [-0.25, -0.2) is 0 Å². The highest BCUT2D eigenvalue weighted by Crippen LogP contribution is 2.24. The summed E-state index contributed by atoms with van der Waals surface area (Å²) in [5.41, 5.74) is 0. The molecule has 2 nitrogen and oxygen atoms in total. The highest BCUT2D eigenvalue weighted by molar-refractivity contribution is 9.10. The first kappa shape index (κ1) is 12.6. The smallest absolute Gasteiger partial charge is 0.0339 e. The zero-order chi connectivity index (χ0) is 11.4. The second-order valence-corrected chi connectivity index (χ2v) is 6.19. The molecule has 4 heteroatoms. The van der Waals surface area contributed by atoms with E-state index >= 15 is 0 Å². The van der Waals surface area contributed by atoms with E-state index in [1.807, 2.05) is 11.3 Å². The quantitative estimate of drug-likeness (QED) is 0.923. The van der Waals surface area contributed by atoms with Crippen molar-refractivity contribution in [1.29, 1.82) is 0 Å². The van der Waals surface area contributed by atoms with Crippen molar-refractivity contribution in [3.05, 3.63) is 20.8 Å². The Morgan fingerprint density at radius 1 is 1.62 bits per heavy atom. The average molecular weight is 303 g/mol. The maximum Gasteiger partial charge on any atom is 0.0339 e. The molecule has 1 aromatic heterocycles. The Labute approximate surface area is 110 Å². The fourth-order valence-corrected chi connectivity index (χ4v) is 3.65. The van der Waals surface area contributed by atoms with Crippen LogP contribution in [0.4, 0.5) is 0 Å². The molecule has 0 aromatic carbocycles. The van der Waals surface area contributed by atoms with Crippen LogP contribution >= 0.6 is 27.3 Å². The Morgan fingerprint density at radius 3 is 3.19 bits per heavy atom. The van der Waals surface area contributed by atoms with Crippen LogP contribution in [0, 0.1) is 0 Å². The van der Waals surface area contributed by atoms with Crippen molar-refractivity contribution in [3.63, 3.8) is 0 Å². The summed E-state index contributed by atoms with van der Waals surface area (Å²) in [7, 11) is 0. The molecule has 1 N–H and O–H groups in total. The SMILES string of the molecule is CCC1CN(Cc2sccc2Br)CCCN1. The number of halogens is 1. The number of hydrogen-bond acceptors (Lipinski definition) is 3. The van der Waals surface area contributed by atoms with Crippen molar-refractivity contribution >= 4 is 27.3 Å². The van der Waals surface area contributed by atoms with Crippen molar-refractivity contribution in [2.75, 3.05) is 19.6 Å². The predicted molar refractivity (Wildman–Crippen MR) is 74.0 cm³/mol. The zero-order valence-electron chi connectivity index (χ0n) is 9.71. The molecule has 1 fully saturated rings. The van der Waals surface area contributed by atoms with E-state index < -0.39 is 0 Å². The maximum atomic E-state index is 3.61. The van der Waals surface area contributed by atoms with Crippen molar-refractivity contribution < 1.29 is 0 Å². The molecule has 16 heavy (non-hydrogen) atoms. The molecule has 2 rings (SSSR count). The summed E-state index contributed by atoms with van der Waals surface area (Å²) in [4.78, 5) is 4.03. The lowest BCUT2D eigenvalue weighted by molar-refractivity contribution is 0.259. The van der Waals surface area contributed by atoms with Gasteiger partial charge in [0.1, 0.15) is 0 Å². The van der Waals surface area contributed by atoms with Gasteiger partial charge < -0.3 is 5.32 Å². The number of thiophene rings is 1. The first-order valence-electron chi connectivity index (χ1n) is 5.97. The van der Waals surface area contributed by atoms with E-state index in [0.29, 0.717) is 6.04 Å². The third-order valence-electron chi connectivity index (χ3n) is 3.11. The van der Waals surface area contributed by atoms with Crippen molar-refractivity contribution in [2.45, 2.75) is 32.4 Å². The van der Waals surface area contributed by atoms with Crippen LogP contribution in [0.2, 0.25) is 0 Å². The zero-order valence-corrected chi connectivity index (χ0v) is 12.1. The Balaban J connectivity index is 1.95. The van der Waals surface area contributed by atoms with Gasteiger partial charge in [-0.2, -0.15) is 0 Å². The van der Waals surface area contributed by atoms with Crippen molar-refractivity contribution in [2.24, 2.45) is 0 Å². The first-order valence-corrected chi connectivity index (χ1v) is 7.64. The van der Waals surface area contributed by atoms with Gasteiger partial charge in [-0.15, -0.1) is 11.3 Å². The molecule has 1 unspecified atom stereocenters. The summed E-state index contributed by atoms with van der Waals surface area (Å²) in [6.45, 7) is 6.92. The second kappa shape index (κ2) is 6.15. The Bertz CT molecular complexity index is 327. The maximum absolute atomic E-state index is 3.61. The predicted octanol–water partition coefficient (Wildman–Crippen LogP) is 3.08. The van der Waals surface area contributed by atoms with Gasteiger partial charge in [-0.05, 0) is 53.3 Å². The van der Waals surface area contributed by atoms with Gasteiger partial charge in [0.15, 0.2) is 0 Å². The van der Waals surface area contributed by atoms with Crippen LogP contribution in [0.25, 0.3) is 0 Å². The summed E-state index contributed by atoms with van der Waals surface area (Å²) in [6.07, 6.45) is 2.49. The number of rotatable bonds is 3. The van der Waals surface area contributed by atoms with Gasteiger partial charge in [-0.1, -0.05) is 6.92 Å². The van der Waals surface area contributed by atoms with Gasteiger partial charge in [0.25, 0.3) is 0 Å². The lowest BCUT2D eigenvalue weighted by Crippen LogP contribution is -2.36. The Morgan fingerprint density at radius 2 is 2.50 bits per heavy atom. The van der Waals surface area contributed by atoms with E-state index in [4.69, 9.17) is 0 Å². The molecule has 1 aromatic rings. The standard InChI is InChI=1S/C12H19BrN2S/c1-2-10-8-15(6-3-5-14-10)9-12-11(13)4-7-16-12/h4,7,10,14H,2-3,5-6,8-9H2,1H3. The number of nitrogens with zero attached hydrogens (tertiary/aromatic N) is 1. The molecule has 1 atom stereocenters. The van der Waals surface area contributed by atoms with Crippen LogP contribution < -0.4 is 5.32 Å². The second-order valence-electron chi connectivity index (χ2n) is 4.34. The Kier molecular flexibility index (Phi) is 4.82. The lowest BCUT2D eigenvalue weighted by Gasteiger charge is -2.23. The molecule has 90 valence electrons. The molecule has 0 aliphatic carbocycles. The molecule has 0 spiro atoms. The van der Waals surface area contributed by atoms with Crippen molar-refractivity contribution in [3.8, 4) is 0 Å². The van der Waals surface area contributed by atoms with Gasteiger partial charge in [0.05, 0.1) is 0 Å². The number of nitrogens with one attached hydrogen (secondary N) is 1. The topological polar surface area (TPSA) is 15.3 Å². The van der Waals surface area contributed by atoms with E-state index in [0.717, 1.165) is 6.54 Å². The van der Waals surface area contributed by atoms with Crippen LogP contribution in [0.5, 0.6) is 0 Å². The summed E-state index contributed by atoms with van der Waals surface area (Å²) >= 11 is 5.46. The van der Waals surface area contributed by atoms with Crippen molar-refractivity contribution in [1.82, 2.24) is 10.2 Å². The van der Waals surface area contributed by atoms with Crippen LogP contribution in [0.3, 0.4) is 0 Å². The summed E-state index contributed by atoms with van der Waals surface area (Å²) in [6, 6.07) is 2.81. The molecule has 2 heterocycles. The van der Waals surface area contributed by atoms with Gasteiger partial charge in [0, 0.05) is 28.5 Å². The Hall–Kier alpha value is 0.1000. The van der Waals surface area contributed by atoms with Gasteiger partial charge in [-0.3, -0.25) is 4.90 Å².